The highest BCUT2D eigenvalue weighted by Gasteiger charge is 2.24. The van der Waals surface area contributed by atoms with E-state index >= 15 is 0 Å². The topological polar surface area (TPSA) is 61.8 Å². The van der Waals surface area contributed by atoms with Crippen molar-refractivity contribution >= 4 is 46.5 Å². The summed E-state index contributed by atoms with van der Waals surface area (Å²) in [6.07, 6.45) is 0. The average Bonchev–Trinajstić information content (AvgIpc) is 2.87. The van der Waals surface area contributed by atoms with Gasteiger partial charge < -0.3 is 19.4 Å². The molecule has 9 heteroatoms. The molecule has 0 bridgehead atoms. The van der Waals surface area contributed by atoms with Gasteiger partial charge >= 0.3 is 0 Å². The zero-order valence-corrected chi connectivity index (χ0v) is 20.6. The minimum absolute atomic E-state index is 0.0433. The average molecular weight is 496 g/mol. The summed E-state index contributed by atoms with van der Waals surface area (Å²) in [5, 5.41) is 10.3. The van der Waals surface area contributed by atoms with E-state index in [0.717, 1.165) is 64.7 Å². The van der Waals surface area contributed by atoms with Gasteiger partial charge in [0.05, 0.1) is 28.7 Å². The van der Waals surface area contributed by atoms with Crippen molar-refractivity contribution in [1.82, 2.24) is 10.2 Å². The Labute approximate surface area is 208 Å². The number of ether oxygens (including phenoxy) is 1. The van der Waals surface area contributed by atoms with Crippen molar-refractivity contribution in [1.29, 1.82) is 0 Å². The standard InChI is InChI=1S/C25H26ClN5O2S/c1-18-6-7-22-21(16-18)31(14-15-33-22)25(32)17-34-24-9-8-23(27-28-24)30-12-10-29(11-13-30)20-5-3-2-4-19(20)26/h2-9,16H,10-15,17H2,1H3. The monoisotopic (exact) mass is 495 g/mol. The van der Waals surface area contributed by atoms with Gasteiger partial charge in [0.1, 0.15) is 17.4 Å². The Hall–Kier alpha value is -2.97. The van der Waals surface area contributed by atoms with Gasteiger partial charge in [0, 0.05) is 26.2 Å². The molecule has 0 spiro atoms. The summed E-state index contributed by atoms with van der Waals surface area (Å²) in [5.74, 6) is 1.96. The fourth-order valence-corrected chi connectivity index (χ4v) is 5.19. The fraction of sp³-hybridized carbons (Fsp3) is 0.320. The lowest BCUT2D eigenvalue weighted by Gasteiger charge is -2.36. The van der Waals surface area contributed by atoms with Crippen LogP contribution >= 0.6 is 23.4 Å². The Morgan fingerprint density at radius 3 is 2.53 bits per heavy atom. The second-order valence-corrected chi connectivity index (χ2v) is 9.71. The summed E-state index contributed by atoms with van der Waals surface area (Å²) in [6.45, 7) is 6.51. The second-order valence-electron chi connectivity index (χ2n) is 8.31. The van der Waals surface area contributed by atoms with Gasteiger partial charge in [-0.15, -0.1) is 10.2 Å². The molecule has 3 aromatic rings. The van der Waals surface area contributed by atoms with E-state index in [0.29, 0.717) is 18.9 Å². The van der Waals surface area contributed by atoms with E-state index in [-0.39, 0.29) is 5.91 Å². The molecule has 2 aliphatic heterocycles. The fourth-order valence-electron chi connectivity index (χ4n) is 4.24. The minimum atomic E-state index is 0.0433. The highest BCUT2D eigenvalue weighted by atomic mass is 35.5. The SMILES string of the molecule is Cc1ccc2c(c1)N(C(=O)CSc1ccc(N3CCN(c4ccccc4Cl)CC3)nn1)CCO2. The number of piperazine rings is 1. The summed E-state index contributed by atoms with van der Waals surface area (Å²) >= 11 is 7.76. The van der Waals surface area contributed by atoms with Crippen LogP contribution in [0.2, 0.25) is 5.02 Å². The molecule has 176 valence electrons. The number of aromatic nitrogens is 2. The van der Waals surface area contributed by atoms with E-state index in [1.807, 2.05) is 55.5 Å². The number of fused-ring (bicyclic) bond motifs is 1. The van der Waals surface area contributed by atoms with Crippen LogP contribution < -0.4 is 19.4 Å². The summed E-state index contributed by atoms with van der Waals surface area (Å²) < 4.78 is 5.69. The normalized spacial score (nSPS) is 15.6. The maximum Gasteiger partial charge on any atom is 0.237 e. The highest BCUT2D eigenvalue weighted by Crippen LogP contribution is 2.33. The molecular formula is C25H26ClN5O2S. The summed E-state index contributed by atoms with van der Waals surface area (Å²) in [7, 11) is 0. The number of carbonyl (C=O) groups is 1. The molecule has 5 rings (SSSR count). The number of amides is 1. The predicted octanol–water partition coefficient (Wildman–Crippen LogP) is 4.28. The van der Waals surface area contributed by atoms with Crippen molar-refractivity contribution in [2.45, 2.75) is 11.9 Å². The molecule has 0 unspecified atom stereocenters. The molecule has 1 saturated heterocycles. The molecule has 2 aromatic carbocycles. The quantitative estimate of drug-likeness (QED) is 0.489. The Morgan fingerprint density at radius 2 is 1.76 bits per heavy atom. The maximum absolute atomic E-state index is 12.9. The molecule has 1 fully saturated rings. The van der Waals surface area contributed by atoms with Crippen LogP contribution in [0, 0.1) is 6.92 Å². The summed E-state index contributed by atoms with van der Waals surface area (Å²) in [5.41, 5.74) is 3.02. The van der Waals surface area contributed by atoms with Crippen LogP contribution in [0.5, 0.6) is 5.75 Å². The molecular weight excluding hydrogens is 470 g/mol. The molecule has 0 N–H and O–H groups in total. The Kier molecular flexibility index (Phi) is 6.78. The van der Waals surface area contributed by atoms with Crippen LogP contribution in [-0.4, -0.2) is 61.2 Å². The number of benzene rings is 2. The molecule has 0 aliphatic carbocycles. The third-order valence-corrected chi connectivity index (χ3v) is 7.27. The van der Waals surface area contributed by atoms with Gasteiger partial charge in [-0.05, 0) is 48.9 Å². The third-order valence-electron chi connectivity index (χ3n) is 6.05. The van der Waals surface area contributed by atoms with Crippen molar-refractivity contribution in [3.8, 4) is 5.75 Å². The van der Waals surface area contributed by atoms with Gasteiger partial charge in [0.15, 0.2) is 5.82 Å². The van der Waals surface area contributed by atoms with Crippen LogP contribution in [0.25, 0.3) is 0 Å². The van der Waals surface area contributed by atoms with E-state index in [4.69, 9.17) is 16.3 Å². The molecule has 3 heterocycles. The van der Waals surface area contributed by atoms with Crippen LogP contribution in [-0.2, 0) is 4.79 Å². The zero-order chi connectivity index (χ0) is 23.5. The molecule has 0 saturated carbocycles. The number of para-hydroxylation sites is 1. The molecule has 1 amide bonds. The van der Waals surface area contributed by atoms with E-state index in [9.17, 15) is 4.79 Å². The Bertz CT molecular complexity index is 1170. The van der Waals surface area contributed by atoms with Crippen molar-refractivity contribution in [2.75, 3.05) is 59.8 Å². The van der Waals surface area contributed by atoms with E-state index < -0.39 is 0 Å². The van der Waals surface area contributed by atoms with Crippen molar-refractivity contribution in [3.05, 3.63) is 65.2 Å². The largest absolute Gasteiger partial charge is 0.490 e. The van der Waals surface area contributed by atoms with E-state index in [1.165, 1.54) is 11.8 Å². The number of nitrogens with zero attached hydrogens (tertiary/aromatic N) is 5. The number of rotatable bonds is 5. The first-order valence-electron chi connectivity index (χ1n) is 11.3. The lowest BCUT2D eigenvalue weighted by molar-refractivity contribution is -0.116. The number of thioether (sulfide) groups is 1. The van der Waals surface area contributed by atoms with Gasteiger partial charge in [0.25, 0.3) is 0 Å². The lowest BCUT2D eigenvalue weighted by Crippen LogP contribution is -2.47. The van der Waals surface area contributed by atoms with Gasteiger partial charge in [-0.1, -0.05) is 41.6 Å². The Balaban J connectivity index is 1.16. The number of aryl methyl sites for hydroxylation is 1. The minimum Gasteiger partial charge on any atom is -0.490 e. The van der Waals surface area contributed by atoms with Crippen LogP contribution in [0.3, 0.4) is 0 Å². The van der Waals surface area contributed by atoms with E-state index in [2.05, 4.69) is 26.1 Å². The third kappa shape index (κ3) is 4.93. The predicted molar refractivity (Wildman–Crippen MR) is 138 cm³/mol. The van der Waals surface area contributed by atoms with Crippen molar-refractivity contribution in [2.24, 2.45) is 0 Å². The van der Waals surface area contributed by atoms with Crippen LogP contribution in [0.1, 0.15) is 5.56 Å². The number of carbonyl (C=O) groups excluding carboxylic acids is 1. The van der Waals surface area contributed by atoms with Crippen molar-refractivity contribution in [3.63, 3.8) is 0 Å². The summed E-state index contributed by atoms with van der Waals surface area (Å²) in [6, 6.07) is 17.8. The van der Waals surface area contributed by atoms with Gasteiger partial charge in [-0.2, -0.15) is 0 Å². The highest BCUT2D eigenvalue weighted by molar-refractivity contribution is 7.99. The number of hydrogen-bond donors (Lipinski definition) is 0. The van der Waals surface area contributed by atoms with Crippen LogP contribution in [0.4, 0.5) is 17.2 Å². The first kappa shape index (κ1) is 22.8. The summed E-state index contributed by atoms with van der Waals surface area (Å²) in [4.78, 5) is 19.2. The maximum atomic E-state index is 12.9. The first-order chi connectivity index (χ1) is 16.6. The number of halogens is 1. The smallest absolute Gasteiger partial charge is 0.237 e. The van der Waals surface area contributed by atoms with Crippen molar-refractivity contribution < 1.29 is 9.53 Å². The van der Waals surface area contributed by atoms with Gasteiger partial charge in [-0.3, -0.25) is 4.79 Å². The molecule has 7 nitrogen and oxygen atoms in total. The Morgan fingerprint density at radius 1 is 0.971 bits per heavy atom. The molecule has 0 atom stereocenters. The number of anilines is 3. The second kappa shape index (κ2) is 10.1. The van der Waals surface area contributed by atoms with Gasteiger partial charge in [-0.25, -0.2) is 0 Å². The van der Waals surface area contributed by atoms with E-state index in [1.54, 1.807) is 4.90 Å². The number of hydrogen-bond acceptors (Lipinski definition) is 7. The molecule has 34 heavy (non-hydrogen) atoms. The molecule has 1 aromatic heterocycles. The van der Waals surface area contributed by atoms with Crippen LogP contribution in [0.15, 0.2) is 59.6 Å². The molecule has 2 aliphatic rings. The zero-order valence-electron chi connectivity index (χ0n) is 19.0. The van der Waals surface area contributed by atoms with Gasteiger partial charge in [0.2, 0.25) is 5.91 Å². The lowest BCUT2D eigenvalue weighted by atomic mass is 10.1. The molecule has 0 radical (unpaired) electrons. The first-order valence-corrected chi connectivity index (χ1v) is 12.7.